The van der Waals surface area contributed by atoms with Crippen LogP contribution in [0.1, 0.15) is 24.0 Å². The van der Waals surface area contributed by atoms with Gasteiger partial charge in [-0.15, -0.1) is 0 Å². The van der Waals surface area contributed by atoms with Crippen molar-refractivity contribution in [3.8, 4) is 0 Å². The first-order chi connectivity index (χ1) is 17.2. The van der Waals surface area contributed by atoms with Crippen LogP contribution < -0.4 is 0 Å². The molecule has 1 aromatic heterocycles. The van der Waals surface area contributed by atoms with Gasteiger partial charge in [-0.25, -0.2) is 0 Å². The predicted octanol–water partition coefficient (Wildman–Crippen LogP) is 5.37. The topological polar surface area (TPSA) is 54.7 Å². The summed E-state index contributed by atoms with van der Waals surface area (Å²) >= 11 is 0. The first-order valence-electron chi connectivity index (χ1n) is 12.3. The van der Waals surface area contributed by atoms with E-state index in [1.54, 1.807) is 6.21 Å². The number of aromatic nitrogens is 1. The van der Waals surface area contributed by atoms with E-state index < -0.39 is 0 Å². The van der Waals surface area contributed by atoms with Crippen LogP contribution >= 0.6 is 0 Å². The highest BCUT2D eigenvalue weighted by molar-refractivity contribution is 6.07. The molecule has 3 aliphatic carbocycles. The average molecular weight is 460 g/mol. The van der Waals surface area contributed by atoms with Crippen molar-refractivity contribution in [3.63, 3.8) is 0 Å². The molecule has 8 rings (SSSR count). The molecule has 3 aromatic carbocycles. The van der Waals surface area contributed by atoms with E-state index in [9.17, 15) is 9.59 Å². The number of nitrogens with zero attached hydrogens (tertiary/aromatic N) is 3. The fourth-order valence-electron chi connectivity index (χ4n) is 6.41. The van der Waals surface area contributed by atoms with Crippen LogP contribution in [0.5, 0.6) is 0 Å². The minimum Gasteiger partial charge on any atom is -0.342 e. The van der Waals surface area contributed by atoms with Crippen molar-refractivity contribution in [1.82, 2.24) is 9.58 Å². The lowest BCUT2D eigenvalue weighted by Crippen LogP contribution is -2.38. The fraction of sp³-hybridized carbons (Fsp3) is 0.233. The van der Waals surface area contributed by atoms with Crippen LogP contribution in [0, 0.1) is 23.7 Å². The van der Waals surface area contributed by atoms with Crippen LogP contribution in [0.4, 0.5) is 0 Å². The van der Waals surface area contributed by atoms with Gasteiger partial charge in [0.2, 0.25) is 0 Å². The summed E-state index contributed by atoms with van der Waals surface area (Å²) < 4.78 is 2.22. The fourth-order valence-corrected chi connectivity index (χ4v) is 6.41. The highest BCUT2D eigenvalue weighted by Gasteiger charge is 2.56. The number of hydrogen-bond acceptors (Lipinski definition) is 3. The van der Waals surface area contributed by atoms with Crippen molar-refractivity contribution in [3.05, 3.63) is 96.2 Å². The van der Waals surface area contributed by atoms with Gasteiger partial charge in [-0.2, -0.15) is 10.1 Å². The van der Waals surface area contributed by atoms with Gasteiger partial charge in [-0.3, -0.25) is 9.59 Å². The summed E-state index contributed by atoms with van der Waals surface area (Å²) in [6, 6.07) is 23.0. The molecule has 0 radical (unpaired) electrons. The minimum absolute atomic E-state index is 0.144. The number of hydrogen-bond donors (Lipinski definition) is 0. The summed E-state index contributed by atoms with van der Waals surface area (Å²) in [6.07, 6.45) is 9.99. The van der Waals surface area contributed by atoms with E-state index in [0.717, 1.165) is 40.9 Å². The number of hydrazone groups is 1. The molecule has 1 saturated heterocycles. The van der Waals surface area contributed by atoms with E-state index in [4.69, 9.17) is 0 Å². The van der Waals surface area contributed by atoms with Crippen molar-refractivity contribution < 1.29 is 9.59 Å². The maximum Gasteiger partial charge on any atom is 0.254 e. The van der Waals surface area contributed by atoms with Gasteiger partial charge in [0.15, 0.2) is 0 Å². The zero-order chi connectivity index (χ0) is 23.5. The molecule has 2 heterocycles. The molecule has 4 aliphatic rings. The Morgan fingerprint density at radius 1 is 0.800 bits per heavy atom. The average Bonchev–Trinajstić information content (AvgIpc) is 3.39. The second kappa shape index (κ2) is 7.77. The monoisotopic (exact) mass is 459 g/mol. The minimum atomic E-state index is -0.240. The molecule has 2 amide bonds. The molecule has 0 spiro atoms. The molecule has 5 nitrogen and oxygen atoms in total. The van der Waals surface area contributed by atoms with Gasteiger partial charge in [-0.1, -0.05) is 72.8 Å². The quantitative estimate of drug-likeness (QED) is 0.234. The summed E-state index contributed by atoms with van der Waals surface area (Å²) in [6.45, 7) is 0.719. The lowest BCUT2D eigenvalue weighted by atomic mass is 9.63. The summed E-state index contributed by atoms with van der Waals surface area (Å²) in [5.41, 5.74) is 3.23. The number of carbonyl (C=O) groups excluding carboxylic acids is 2. The maximum absolute atomic E-state index is 13.1. The van der Waals surface area contributed by atoms with Gasteiger partial charge in [0.25, 0.3) is 11.8 Å². The second-order valence-electron chi connectivity index (χ2n) is 9.94. The molecular formula is C30H25N3O2. The molecule has 4 aromatic rings. The van der Waals surface area contributed by atoms with Crippen LogP contribution in [0.2, 0.25) is 0 Å². The number of amides is 2. The number of rotatable bonds is 4. The van der Waals surface area contributed by atoms with Crippen molar-refractivity contribution in [2.75, 3.05) is 0 Å². The standard InChI is InChI=1S/C30H25N3O2/c34-29-27-20-12-13-21(15-14-20)28(27)30(35)33(29)31-16-23-18-32(26-11-4-3-10-25(23)26)17-22-8-5-7-19-6-1-2-9-24(19)22/h1-13,16,18,20-21,27-28H,14-15,17H2/b31-16-/t20-,21+,27-,28+. The third kappa shape index (κ3) is 3.11. The predicted molar refractivity (Wildman–Crippen MR) is 137 cm³/mol. The number of carbonyl (C=O) groups is 2. The van der Waals surface area contributed by atoms with Crippen molar-refractivity contribution >= 4 is 39.7 Å². The lowest BCUT2D eigenvalue weighted by molar-refractivity contribution is -0.140. The molecule has 1 saturated carbocycles. The summed E-state index contributed by atoms with van der Waals surface area (Å²) in [7, 11) is 0. The Morgan fingerprint density at radius 2 is 1.46 bits per heavy atom. The smallest absolute Gasteiger partial charge is 0.254 e. The number of benzene rings is 3. The summed E-state index contributed by atoms with van der Waals surface area (Å²) in [5, 5.41) is 9.12. The lowest BCUT2D eigenvalue weighted by Gasteiger charge is -2.37. The van der Waals surface area contributed by atoms with Crippen molar-refractivity contribution in [2.45, 2.75) is 19.4 Å². The number of imide groups is 1. The Hall–Kier alpha value is -3.99. The first kappa shape index (κ1) is 20.4. The normalized spacial score (nSPS) is 25.4. The molecule has 2 fully saturated rings. The Balaban J connectivity index is 1.23. The zero-order valence-corrected chi connectivity index (χ0v) is 19.2. The molecule has 35 heavy (non-hydrogen) atoms. The second-order valence-corrected chi connectivity index (χ2v) is 9.94. The molecule has 172 valence electrons. The van der Waals surface area contributed by atoms with Gasteiger partial charge in [0.05, 0.1) is 18.1 Å². The largest absolute Gasteiger partial charge is 0.342 e. The molecule has 1 aliphatic heterocycles. The van der Waals surface area contributed by atoms with Gasteiger partial charge < -0.3 is 4.57 Å². The third-order valence-electron chi connectivity index (χ3n) is 8.09. The Morgan fingerprint density at radius 3 is 2.20 bits per heavy atom. The van der Waals surface area contributed by atoms with Gasteiger partial charge in [0, 0.05) is 29.2 Å². The molecule has 0 unspecified atom stereocenters. The van der Waals surface area contributed by atoms with E-state index in [0.29, 0.717) is 0 Å². The Labute approximate surface area is 203 Å². The van der Waals surface area contributed by atoms with Crippen LogP contribution in [-0.4, -0.2) is 27.6 Å². The highest BCUT2D eigenvalue weighted by Crippen LogP contribution is 2.49. The summed E-state index contributed by atoms with van der Waals surface area (Å²) in [5.74, 6) is -0.426. The SMILES string of the molecule is O=C1[C@@H]2[C@H](C(=O)N1/N=C\c1cn(Cc3cccc4ccccc34)c3ccccc13)[C@@H]1C=C[C@H]2CC1. The van der Waals surface area contributed by atoms with Gasteiger partial charge in [0.1, 0.15) is 0 Å². The molecule has 0 N–H and O–H groups in total. The Kier molecular flexibility index (Phi) is 4.53. The van der Waals surface area contributed by atoms with E-state index in [1.807, 2.05) is 12.1 Å². The van der Waals surface area contributed by atoms with E-state index in [2.05, 4.69) is 82.6 Å². The first-order valence-corrected chi connectivity index (χ1v) is 12.3. The van der Waals surface area contributed by atoms with Crippen LogP contribution in [0.25, 0.3) is 21.7 Å². The third-order valence-corrected chi connectivity index (χ3v) is 8.09. The number of fused-ring (bicyclic) bond motifs is 3. The number of allylic oxidation sites excluding steroid dienone is 2. The maximum atomic E-state index is 13.1. The molecular weight excluding hydrogens is 434 g/mol. The van der Waals surface area contributed by atoms with Crippen molar-refractivity contribution in [1.29, 1.82) is 0 Å². The van der Waals surface area contributed by atoms with E-state index >= 15 is 0 Å². The highest BCUT2D eigenvalue weighted by atomic mass is 16.2. The van der Waals surface area contributed by atoms with Crippen molar-refractivity contribution in [2.24, 2.45) is 28.8 Å². The molecule has 4 atom stereocenters. The Bertz CT molecular complexity index is 1530. The van der Waals surface area contributed by atoms with Crippen LogP contribution in [-0.2, 0) is 16.1 Å². The van der Waals surface area contributed by atoms with E-state index in [-0.39, 0.29) is 35.5 Å². The molecule has 5 heteroatoms. The van der Waals surface area contributed by atoms with Crippen LogP contribution in [0.3, 0.4) is 0 Å². The summed E-state index contributed by atoms with van der Waals surface area (Å²) in [4.78, 5) is 26.3. The van der Waals surface area contributed by atoms with E-state index in [1.165, 1.54) is 16.3 Å². The van der Waals surface area contributed by atoms with Gasteiger partial charge >= 0.3 is 0 Å². The van der Waals surface area contributed by atoms with Gasteiger partial charge in [-0.05, 0) is 47.1 Å². The zero-order valence-electron chi connectivity index (χ0n) is 19.2. The molecule has 2 bridgehead atoms. The van der Waals surface area contributed by atoms with Crippen LogP contribution in [0.15, 0.2) is 90.2 Å². The number of para-hydroxylation sites is 1.